The van der Waals surface area contributed by atoms with E-state index in [1.54, 1.807) is 9.58 Å². The third-order valence-corrected chi connectivity index (χ3v) is 5.28. The molecule has 0 bridgehead atoms. The number of amides is 1. The zero-order valence-corrected chi connectivity index (χ0v) is 16.6. The average Bonchev–Trinajstić information content (AvgIpc) is 3.22. The molecule has 1 aliphatic heterocycles. The van der Waals surface area contributed by atoms with Gasteiger partial charge in [0.05, 0.1) is 27.7 Å². The predicted octanol–water partition coefficient (Wildman–Crippen LogP) is 2.18. The van der Waals surface area contributed by atoms with E-state index in [0.717, 1.165) is 5.69 Å². The van der Waals surface area contributed by atoms with E-state index in [1.165, 1.54) is 18.2 Å². The third-order valence-electron chi connectivity index (χ3n) is 4.95. The fraction of sp³-hybridized carbons (Fsp3) is 0.263. The molecular formula is C19H18ClN7O3. The molecule has 0 saturated carbocycles. The molecule has 2 aromatic carbocycles. The van der Waals surface area contributed by atoms with Crippen LogP contribution in [-0.2, 0) is 6.54 Å². The quantitative estimate of drug-likeness (QED) is 0.453. The van der Waals surface area contributed by atoms with Crippen LogP contribution in [0.4, 0.5) is 5.69 Å². The van der Waals surface area contributed by atoms with Crippen LogP contribution in [0.3, 0.4) is 0 Å². The fourth-order valence-electron chi connectivity index (χ4n) is 3.34. The maximum atomic E-state index is 12.8. The van der Waals surface area contributed by atoms with E-state index in [4.69, 9.17) is 11.6 Å². The summed E-state index contributed by atoms with van der Waals surface area (Å²) in [4.78, 5) is 27.1. The lowest BCUT2D eigenvalue weighted by molar-refractivity contribution is -0.384. The summed E-state index contributed by atoms with van der Waals surface area (Å²) in [5.41, 5.74) is 0.869. The first-order valence-electron chi connectivity index (χ1n) is 9.31. The Labute approximate surface area is 176 Å². The summed E-state index contributed by atoms with van der Waals surface area (Å²) >= 11 is 6.11. The highest BCUT2D eigenvalue weighted by Gasteiger charge is 2.26. The minimum absolute atomic E-state index is 0.146. The summed E-state index contributed by atoms with van der Waals surface area (Å²) < 4.78 is 1.69. The molecular weight excluding hydrogens is 410 g/mol. The summed E-state index contributed by atoms with van der Waals surface area (Å²) in [7, 11) is 0. The van der Waals surface area contributed by atoms with Gasteiger partial charge in [-0.3, -0.25) is 19.8 Å². The number of nitro benzene ring substituents is 1. The third kappa shape index (κ3) is 4.14. The molecule has 10 nitrogen and oxygen atoms in total. The maximum Gasteiger partial charge on any atom is 0.270 e. The van der Waals surface area contributed by atoms with Crippen molar-refractivity contribution in [2.75, 3.05) is 26.2 Å². The number of nitrogens with zero attached hydrogens (tertiary/aromatic N) is 7. The number of tetrazole rings is 1. The van der Waals surface area contributed by atoms with E-state index in [9.17, 15) is 14.9 Å². The van der Waals surface area contributed by atoms with Crippen LogP contribution < -0.4 is 0 Å². The number of benzene rings is 2. The van der Waals surface area contributed by atoms with Gasteiger partial charge in [-0.15, -0.1) is 5.10 Å². The molecule has 1 aromatic heterocycles. The van der Waals surface area contributed by atoms with Crippen molar-refractivity contribution < 1.29 is 9.72 Å². The standard InChI is InChI=1S/C19H18ClN7O3/c20-17-7-6-15(27(29)30)12-16(17)19(28)25-10-8-24(9-11-25)13-18-21-22-23-26(18)14-4-2-1-3-5-14/h1-7,12H,8-11,13H2. The Balaban J connectivity index is 1.41. The molecule has 1 aliphatic rings. The second kappa shape index (κ2) is 8.56. The van der Waals surface area contributed by atoms with E-state index in [-0.39, 0.29) is 22.2 Å². The van der Waals surface area contributed by atoms with Crippen LogP contribution in [-0.4, -0.2) is 67.0 Å². The largest absolute Gasteiger partial charge is 0.336 e. The highest BCUT2D eigenvalue weighted by Crippen LogP contribution is 2.24. The van der Waals surface area contributed by atoms with Crippen molar-refractivity contribution in [3.8, 4) is 5.69 Å². The van der Waals surface area contributed by atoms with Gasteiger partial charge in [0.15, 0.2) is 5.82 Å². The number of carbonyl (C=O) groups is 1. The lowest BCUT2D eigenvalue weighted by Gasteiger charge is -2.34. The molecule has 1 amide bonds. The number of hydrogen-bond acceptors (Lipinski definition) is 7. The van der Waals surface area contributed by atoms with Gasteiger partial charge in [-0.05, 0) is 28.6 Å². The molecule has 1 saturated heterocycles. The van der Waals surface area contributed by atoms with Crippen LogP contribution in [0.2, 0.25) is 5.02 Å². The molecule has 4 rings (SSSR count). The number of aromatic nitrogens is 4. The number of para-hydroxylation sites is 1. The summed E-state index contributed by atoms with van der Waals surface area (Å²) in [6.07, 6.45) is 0. The minimum Gasteiger partial charge on any atom is -0.336 e. The molecule has 3 aromatic rings. The highest BCUT2D eigenvalue weighted by atomic mass is 35.5. The van der Waals surface area contributed by atoms with Crippen molar-refractivity contribution in [1.29, 1.82) is 0 Å². The van der Waals surface area contributed by atoms with Crippen molar-refractivity contribution in [2.24, 2.45) is 0 Å². The number of carbonyl (C=O) groups excluding carboxylic acids is 1. The normalized spacial score (nSPS) is 14.6. The predicted molar refractivity (Wildman–Crippen MR) is 108 cm³/mol. The van der Waals surface area contributed by atoms with E-state index in [0.29, 0.717) is 38.5 Å². The van der Waals surface area contributed by atoms with Gasteiger partial charge in [-0.2, -0.15) is 4.68 Å². The SMILES string of the molecule is O=C(c1cc([N+](=O)[O-])ccc1Cl)N1CCN(Cc2nnnn2-c2ccccc2)CC1. The van der Waals surface area contributed by atoms with Gasteiger partial charge >= 0.3 is 0 Å². The summed E-state index contributed by atoms with van der Waals surface area (Å²) in [6.45, 7) is 2.75. The van der Waals surface area contributed by atoms with Crippen molar-refractivity contribution >= 4 is 23.2 Å². The van der Waals surface area contributed by atoms with Gasteiger partial charge in [0, 0.05) is 38.3 Å². The smallest absolute Gasteiger partial charge is 0.270 e. The summed E-state index contributed by atoms with van der Waals surface area (Å²) in [5, 5.41) is 23.2. The van der Waals surface area contributed by atoms with Crippen LogP contribution in [0.5, 0.6) is 0 Å². The maximum absolute atomic E-state index is 12.8. The monoisotopic (exact) mass is 427 g/mol. The molecule has 0 unspecified atom stereocenters. The van der Waals surface area contributed by atoms with Crippen molar-refractivity contribution in [1.82, 2.24) is 30.0 Å². The van der Waals surface area contributed by atoms with Crippen LogP contribution in [0.15, 0.2) is 48.5 Å². The molecule has 11 heteroatoms. The van der Waals surface area contributed by atoms with Crippen molar-refractivity contribution in [3.05, 3.63) is 75.1 Å². The summed E-state index contributed by atoms with van der Waals surface area (Å²) in [5.74, 6) is 0.403. The molecule has 0 aliphatic carbocycles. The Hall–Kier alpha value is -3.37. The van der Waals surface area contributed by atoms with Crippen LogP contribution in [0.1, 0.15) is 16.2 Å². The Bertz CT molecular complexity index is 1060. The van der Waals surface area contributed by atoms with Crippen LogP contribution in [0, 0.1) is 10.1 Å². The number of nitro groups is 1. The average molecular weight is 428 g/mol. The van der Waals surface area contributed by atoms with Crippen molar-refractivity contribution in [2.45, 2.75) is 6.54 Å². The van der Waals surface area contributed by atoms with Crippen LogP contribution in [0.25, 0.3) is 5.69 Å². The topological polar surface area (TPSA) is 110 Å². The number of hydrogen-bond donors (Lipinski definition) is 0. The number of rotatable bonds is 5. The van der Waals surface area contributed by atoms with Gasteiger partial charge in [-0.1, -0.05) is 29.8 Å². The Morgan fingerprint density at radius 3 is 2.53 bits per heavy atom. The lowest BCUT2D eigenvalue weighted by Crippen LogP contribution is -2.48. The number of non-ortho nitro benzene ring substituents is 1. The second-order valence-corrected chi connectivity index (χ2v) is 7.24. The lowest BCUT2D eigenvalue weighted by atomic mass is 10.1. The molecule has 0 spiro atoms. The van der Waals surface area contributed by atoms with E-state index < -0.39 is 4.92 Å². The van der Waals surface area contributed by atoms with Gasteiger partial charge < -0.3 is 4.90 Å². The minimum atomic E-state index is -0.540. The Morgan fingerprint density at radius 1 is 1.10 bits per heavy atom. The molecule has 2 heterocycles. The Morgan fingerprint density at radius 2 is 1.83 bits per heavy atom. The van der Waals surface area contributed by atoms with Gasteiger partial charge in [0.1, 0.15) is 0 Å². The molecule has 1 fully saturated rings. The first kappa shape index (κ1) is 19.9. The molecule has 30 heavy (non-hydrogen) atoms. The molecule has 0 atom stereocenters. The molecule has 154 valence electrons. The second-order valence-electron chi connectivity index (χ2n) is 6.83. The molecule has 0 radical (unpaired) electrons. The van der Waals surface area contributed by atoms with E-state index >= 15 is 0 Å². The van der Waals surface area contributed by atoms with E-state index in [1.807, 2.05) is 30.3 Å². The van der Waals surface area contributed by atoms with Gasteiger partial charge in [0.2, 0.25) is 0 Å². The van der Waals surface area contributed by atoms with Crippen molar-refractivity contribution in [3.63, 3.8) is 0 Å². The number of halogens is 1. The van der Waals surface area contributed by atoms with Gasteiger partial charge in [-0.25, -0.2) is 0 Å². The first-order valence-corrected chi connectivity index (χ1v) is 9.69. The Kier molecular flexibility index (Phi) is 5.68. The molecule has 0 N–H and O–H groups in total. The van der Waals surface area contributed by atoms with E-state index in [2.05, 4.69) is 20.4 Å². The zero-order valence-electron chi connectivity index (χ0n) is 15.9. The zero-order chi connectivity index (χ0) is 21.1. The first-order chi connectivity index (χ1) is 14.5. The summed E-state index contributed by atoms with van der Waals surface area (Å²) in [6, 6.07) is 13.5. The number of piperazine rings is 1. The van der Waals surface area contributed by atoms with Crippen LogP contribution >= 0.6 is 11.6 Å². The fourth-order valence-corrected chi connectivity index (χ4v) is 3.54. The highest BCUT2D eigenvalue weighted by molar-refractivity contribution is 6.33. The van der Waals surface area contributed by atoms with Gasteiger partial charge in [0.25, 0.3) is 11.6 Å².